The third-order valence-corrected chi connectivity index (χ3v) is 3.57. The normalized spacial score (nSPS) is 17.1. The van der Waals surface area contributed by atoms with Crippen molar-refractivity contribution >= 4 is 0 Å². The SMILES string of the molecule is CCCC(NCC)C(CC)N(C)C(C)COC. The van der Waals surface area contributed by atoms with Gasteiger partial charge in [0.25, 0.3) is 0 Å². The van der Waals surface area contributed by atoms with Crippen LogP contribution in [0.2, 0.25) is 0 Å². The molecule has 0 saturated carbocycles. The van der Waals surface area contributed by atoms with Gasteiger partial charge in [-0.3, -0.25) is 4.90 Å². The van der Waals surface area contributed by atoms with Crippen molar-refractivity contribution in [1.29, 1.82) is 0 Å². The third-order valence-electron chi connectivity index (χ3n) is 3.57. The lowest BCUT2D eigenvalue weighted by atomic mass is 9.98. The minimum absolute atomic E-state index is 0.475. The first kappa shape index (κ1) is 16.9. The van der Waals surface area contributed by atoms with E-state index >= 15 is 0 Å². The predicted octanol–water partition coefficient (Wildman–Crippen LogP) is 2.51. The molecule has 0 aromatic heterocycles. The van der Waals surface area contributed by atoms with Gasteiger partial charge in [-0.1, -0.05) is 27.2 Å². The summed E-state index contributed by atoms with van der Waals surface area (Å²) in [7, 11) is 4.00. The van der Waals surface area contributed by atoms with E-state index in [0.717, 1.165) is 13.2 Å². The van der Waals surface area contributed by atoms with Crippen LogP contribution in [0.3, 0.4) is 0 Å². The Balaban J connectivity index is 4.51. The monoisotopic (exact) mass is 244 g/mol. The van der Waals surface area contributed by atoms with Gasteiger partial charge < -0.3 is 10.1 Å². The largest absolute Gasteiger partial charge is 0.383 e. The highest BCUT2D eigenvalue weighted by Crippen LogP contribution is 2.15. The number of ether oxygens (including phenoxy) is 1. The summed E-state index contributed by atoms with van der Waals surface area (Å²) in [6.45, 7) is 10.8. The van der Waals surface area contributed by atoms with Crippen LogP contribution < -0.4 is 5.32 Å². The summed E-state index contributed by atoms with van der Waals surface area (Å²) in [5.41, 5.74) is 0. The summed E-state index contributed by atoms with van der Waals surface area (Å²) in [5.74, 6) is 0. The molecule has 17 heavy (non-hydrogen) atoms. The molecule has 0 aliphatic carbocycles. The van der Waals surface area contributed by atoms with Crippen molar-refractivity contribution in [3.8, 4) is 0 Å². The second-order valence-corrected chi connectivity index (χ2v) is 4.90. The Hall–Kier alpha value is -0.120. The van der Waals surface area contributed by atoms with Gasteiger partial charge in [0.05, 0.1) is 6.61 Å². The minimum atomic E-state index is 0.475. The number of likely N-dealkylation sites (N-methyl/N-ethyl adjacent to an activating group) is 2. The molecule has 3 heteroatoms. The van der Waals surface area contributed by atoms with E-state index in [9.17, 15) is 0 Å². The summed E-state index contributed by atoms with van der Waals surface area (Å²) in [6.07, 6.45) is 3.67. The van der Waals surface area contributed by atoms with Crippen LogP contribution in [0.4, 0.5) is 0 Å². The second-order valence-electron chi connectivity index (χ2n) is 4.90. The first-order valence-corrected chi connectivity index (χ1v) is 7.06. The molecule has 0 heterocycles. The van der Waals surface area contributed by atoms with Gasteiger partial charge in [-0.05, 0) is 33.4 Å². The quantitative estimate of drug-likeness (QED) is 0.639. The van der Waals surface area contributed by atoms with Gasteiger partial charge in [-0.15, -0.1) is 0 Å². The maximum Gasteiger partial charge on any atom is 0.0615 e. The molecule has 3 atom stereocenters. The lowest BCUT2D eigenvalue weighted by molar-refractivity contribution is 0.0719. The van der Waals surface area contributed by atoms with E-state index in [1.165, 1.54) is 19.3 Å². The van der Waals surface area contributed by atoms with Crippen molar-refractivity contribution < 1.29 is 4.74 Å². The van der Waals surface area contributed by atoms with E-state index in [1.807, 2.05) is 0 Å². The van der Waals surface area contributed by atoms with E-state index in [4.69, 9.17) is 4.74 Å². The van der Waals surface area contributed by atoms with Gasteiger partial charge in [0.15, 0.2) is 0 Å². The van der Waals surface area contributed by atoms with E-state index in [0.29, 0.717) is 18.1 Å². The number of hydrogen-bond acceptors (Lipinski definition) is 3. The average molecular weight is 244 g/mol. The molecular weight excluding hydrogens is 212 g/mol. The van der Waals surface area contributed by atoms with Crippen molar-refractivity contribution in [3.05, 3.63) is 0 Å². The summed E-state index contributed by atoms with van der Waals surface area (Å²) >= 11 is 0. The summed E-state index contributed by atoms with van der Waals surface area (Å²) in [4.78, 5) is 2.46. The fourth-order valence-corrected chi connectivity index (χ4v) is 2.55. The van der Waals surface area contributed by atoms with Crippen molar-refractivity contribution in [2.75, 3.05) is 27.3 Å². The summed E-state index contributed by atoms with van der Waals surface area (Å²) in [6, 6.07) is 1.67. The molecule has 0 aromatic rings. The van der Waals surface area contributed by atoms with Gasteiger partial charge in [0.2, 0.25) is 0 Å². The van der Waals surface area contributed by atoms with Crippen molar-refractivity contribution in [2.24, 2.45) is 0 Å². The van der Waals surface area contributed by atoms with Crippen LogP contribution in [-0.2, 0) is 4.74 Å². The van der Waals surface area contributed by atoms with Crippen LogP contribution in [0, 0.1) is 0 Å². The van der Waals surface area contributed by atoms with Crippen molar-refractivity contribution in [2.45, 2.75) is 65.1 Å². The summed E-state index contributed by atoms with van der Waals surface area (Å²) in [5, 5.41) is 3.63. The van der Waals surface area contributed by atoms with Gasteiger partial charge in [0, 0.05) is 25.2 Å². The molecule has 104 valence electrons. The Morgan fingerprint density at radius 3 is 2.29 bits per heavy atom. The molecule has 0 aliphatic rings. The number of nitrogens with zero attached hydrogens (tertiary/aromatic N) is 1. The van der Waals surface area contributed by atoms with E-state index < -0.39 is 0 Å². The molecular formula is C14H32N2O. The van der Waals surface area contributed by atoms with Crippen LogP contribution in [0.25, 0.3) is 0 Å². The molecule has 0 rings (SSSR count). The van der Waals surface area contributed by atoms with Crippen molar-refractivity contribution in [3.63, 3.8) is 0 Å². The Kier molecular flexibility index (Phi) is 9.79. The zero-order chi connectivity index (χ0) is 13.3. The number of rotatable bonds is 10. The molecule has 0 aliphatic heterocycles. The zero-order valence-corrected chi connectivity index (χ0v) is 12.6. The topological polar surface area (TPSA) is 24.5 Å². The van der Waals surface area contributed by atoms with E-state index in [-0.39, 0.29) is 0 Å². The van der Waals surface area contributed by atoms with E-state index in [2.05, 4.69) is 45.0 Å². The average Bonchev–Trinajstić information content (AvgIpc) is 2.30. The highest BCUT2D eigenvalue weighted by Gasteiger charge is 2.25. The van der Waals surface area contributed by atoms with Crippen LogP contribution in [0.1, 0.15) is 47.0 Å². The molecule has 0 fully saturated rings. The first-order chi connectivity index (χ1) is 8.12. The predicted molar refractivity (Wildman–Crippen MR) is 75.6 cm³/mol. The molecule has 3 unspecified atom stereocenters. The maximum absolute atomic E-state index is 5.26. The van der Waals surface area contributed by atoms with Crippen LogP contribution in [0.5, 0.6) is 0 Å². The summed E-state index contributed by atoms with van der Waals surface area (Å²) < 4.78 is 5.26. The Labute approximate surface area is 108 Å². The Morgan fingerprint density at radius 1 is 1.24 bits per heavy atom. The lowest BCUT2D eigenvalue weighted by Gasteiger charge is -2.38. The molecule has 3 nitrogen and oxygen atoms in total. The van der Waals surface area contributed by atoms with Crippen LogP contribution in [-0.4, -0.2) is 50.3 Å². The fourth-order valence-electron chi connectivity index (χ4n) is 2.55. The molecule has 0 bridgehead atoms. The molecule has 0 spiro atoms. The molecule has 0 aromatic carbocycles. The third kappa shape index (κ3) is 5.84. The zero-order valence-electron chi connectivity index (χ0n) is 12.6. The van der Waals surface area contributed by atoms with Gasteiger partial charge in [-0.25, -0.2) is 0 Å². The first-order valence-electron chi connectivity index (χ1n) is 7.06. The number of hydrogen-bond donors (Lipinski definition) is 1. The van der Waals surface area contributed by atoms with Crippen molar-refractivity contribution in [1.82, 2.24) is 10.2 Å². The van der Waals surface area contributed by atoms with Crippen LogP contribution >= 0.6 is 0 Å². The highest BCUT2D eigenvalue weighted by molar-refractivity contribution is 4.84. The highest BCUT2D eigenvalue weighted by atomic mass is 16.5. The minimum Gasteiger partial charge on any atom is -0.383 e. The molecule has 0 radical (unpaired) electrons. The molecule has 1 N–H and O–H groups in total. The number of methoxy groups -OCH3 is 1. The van der Waals surface area contributed by atoms with E-state index in [1.54, 1.807) is 7.11 Å². The molecule has 0 amide bonds. The molecule has 0 saturated heterocycles. The van der Waals surface area contributed by atoms with Gasteiger partial charge in [-0.2, -0.15) is 0 Å². The standard InChI is InChI=1S/C14H32N2O/c1-7-10-13(15-9-3)14(8-2)16(5)12(4)11-17-6/h12-15H,7-11H2,1-6H3. The number of nitrogens with one attached hydrogen (secondary N) is 1. The van der Waals surface area contributed by atoms with Gasteiger partial charge >= 0.3 is 0 Å². The Morgan fingerprint density at radius 2 is 1.88 bits per heavy atom. The van der Waals surface area contributed by atoms with Gasteiger partial charge in [0.1, 0.15) is 0 Å². The van der Waals surface area contributed by atoms with Crippen LogP contribution in [0.15, 0.2) is 0 Å². The fraction of sp³-hybridized carbons (Fsp3) is 1.00. The lowest BCUT2D eigenvalue weighted by Crippen LogP contribution is -2.52. The maximum atomic E-state index is 5.26. The smallest absolute Gasteiger partial charge is 0.0615 e. The second kappa shape index (κ2) is 9.86. The Bertz CT molecular complexity index is 170.